The third-order valence-corrected chi connectivity index (χ3v) is 7.18. The molecule has 2 heterocycles. The summed E-state index contributed by atoms with van der Waals surface area (Å²) in [5, 5.41) is 0. The molecule has 28 heavy (non-hydrogen) atoms. The molecule has 2 aromatic carbocycles. The van der Waals surface area contributed by atoms with Crippen molar-refractivity contribution in [1.82, 2.24) is 9.80 Å². The molecule has 146 valence electrons. The molecule has 2 aliphatic heterocycles. The Balaban J connectivity index is 1.40. The average molecular weight is 413 g/mol. The quantitative estimate of drug-likeness (QED) is 0.772. The first kappa shape index (κ1) is 19.4. The van der Waals surface area contributed by atoms with Gasteiger partial charge in [-0.2, -0.15) is 11.8 Å². The molecule has 2 aromatic rings. The minimum absolute atomic E-state index is 0.0437. The molecule has 0 saturated carbocycles. The second-order valence-electron chi connectivity index (χ2n) is 7.06. The molecule has 2 fully saturated rings. The molecule has 0 N–H and O–H groups in total. The molecular weight excluding hydrogens is 388 g/mol. The predicted octanol–water partition coefficient (Wildman–Crippen LogP) is 3.37. The zero-order valence-electron chi connectivity index (χ0n) is 15.8. The van der Waals surface area contributed by atoms with Gasteiger partial charge >= 0.3 is 0 Å². The minimum Gasteiger partial charge on any atom is -0.339 e. The standard InChI is InChI=1S/C22H24N2O2S2/c25-21(14-17-6-8-19(9-7-17)18-4-2-1-3-5-18)24-16-28-15-20(24)22(26)23-10-12-27-13-11-23/h1-9,20H,10-16H2. The first-order valence-electron chi connectivity index (χ1n) is 9.60. The fraction of sp³-hybridized carbons (Fsp3) is 0.364. The fourth-order valence-corrected chi connectivity index (χ4v) is 5.68. The van der Waals surface area contributed by atoms with E-state index in [0.717, 1.165) is 35.7 Å². The van der Waals surface area contributed by atoms with Gasteiger partial charge in [0.05, 0.1) is 12.3 Å². The van der Waals surface area contributed by atoms with E-state index < -0.39 is 0 Å². The molecule has 2 saturated heterocycles. The van der Waals surface area contributed by atoms with E-state index in [1.54, 1.807) is 16.7 Å². The Morgan fingerprint density at radius 1 is 0.893 bits per heavy atom. The van der Waals surface area contributed by atoms with Crippen molar-refractivity contribution in [3.63, 3.8) is 0 Å². The smallest absolute Gasteiger partial charge is 0.246 e. The first-order chi connectivity index (χ1) is 13.7. The van der Waals surface area contributed by atoms with Crippen molar-refractivity contribution in [2.75, 3.05) is 36.2 Å². The molecule has 6 heteroatoms. The van der Waals surface area contributed by atoms with Crippen LogP contribution in [0.25, 0.3) is 11.1 Å². The highest BCUT2D eigenvalue weighted by Gasteiger charge is 2.37. The maximum Gasteiger partial charge on any atom is 0.246 e. The van der Waals surface area contributed by atoms with Gasteiger partial charge in [0, 0.05) is 30.3 Å². The molecule has 1 unspecified atom stereocenters. The van der Waals surface area contributed by atoms with Crippen LogP contribution in [-0.4, -0.2) is 63.9 Å². The topological polar surface area (TPSA) is 40.6 Å². The van der Waals surface area contributed by atoms with E-state index in [0.29, 0.717) is 18.1 Å². The van der Waals surface area contributed by atoms with Crippen molar-refractivity contribution in [2.45, 2.75) is 12.5 Å². The molecular formula is C22H24N2O2S2. The lowest BCUT2D eigenvalue weighted by Crippen LogP contribution is -2.51. The summed E-state index contributed by atoms with van der Waals surface area (Å²) in [7, 11) is 0. The van der Waals surface area contributed by atoms with Gasteiger partial charge in [0.25, 0.3) is 0 Å². The Morgan fingerprint density at radius 2 is 1.57 bits per heavy atom. The minimum atomic E-state index is -0.302. The van der Waals surface area contributed by atoms with Crippen LogP contribution in [0.3, 0.4) is 0 Å². The largest absolute Gasteiger partial charge is 0.339 e. The number of benzene rings is 2. The van der Waals surface area contributed by atoms with Gasteiger partial charge in [-0.1, -0.05) is 54.6 Å². The zero-order chi connectivity index (χ0) is 19.3. The number of thioether (sulfide) groups is 2. The van der Waals surface area contributed by atoms with Crippen molar-refractivity contribution in [3.05, 3.63) is 60.2 Å². The summed E-state index contributed by atoms with van der Waals surface area (Å²) < 4.78 is 0. The molecule has 4 nitrogen and oxygen atoms in total. The summed E-state index contributed by atoms with van der Waals surface area (Å²) >= 11 is 3.56. The van der Waals surface area contributed by atoms with Gasteiger partial charge in [-0.25, -0.2) is 0 Å². The van der Waals surface area contributed by atoms with Crippen LogP contribution in [0, 0.1) is 0 Å². The highest BCUT2D eigenvalue weighted by atomic mass is 32.2. The molecule has 2 amide bonds. The number of rotatable bonds is 4. The fourth-order valence-electron chi connectivity index (χ4n) is 3.61. The van der Waals surface area contributed by atoms with Crippen molar-refractivity contribution in [1.29, 1.82) is 0 Å². The van der Waals surface area contributed by atoms with E-state index >= 15 is 0 Å². The normalized spacial score (nSPS) is 19.6. The number of hydrogen-bond donors (Lipinski definition) is 0. The maximum absolute atomic E-state index is 12.9. The Morgan fingerprint density at radius 3 is 2.29 bits per heavy atom. The molecule has 0 spiro atoms. The van der Waals surface area contributed by atoms with Gasteiger partial charge in [-0.05, 0) is 16.7 Å². The summed E-state index contributed by atoms with van der Waals surface area (Å²) in [5.41, 5.74) is 3.30. The molecule has 4 rings (SSSR count). The third-order valence-electron chi connectivity index (χ3n) is 5.23. The summed E-state index contributed by atoms with van der Waals surface area (Å²) in [6.45, 7) is 1.60. The lowest BCUT2D eigenvalue weighted by molar-refractivity contribution is -0.142. The van der Waals surface area contributed by atoms with E-state index in [1.807, 2.05) is 47.0 Å². The van der Waals surface area contributed by atoms with E-state index in [9.17, 15) is 9.59 Å². The predicted molar refractivity (Wildman–Crippen MR) is 117 cm³/mol. The van der Waals surface area contributed by atoms with Crippen molar-refractivity contribution >= 4 is 35.3 Å². The van der Waals surface area contributed by atoms with Gasteiger partial charge in [0.2, 0.25) is 11.8 Å². The monoisotopic (exact) mass is 412 g/mol. The number of hydrogen-bond acceptors (Lipinski definition) is 4. The van der Waals surface area contributed by atoms with Gasteiger partial charge in [-0.3, -0.25) is 9.59 Å². The molecule has 2 aliphatic rings. The van der Waals surface area contributed by atoms with Gasteiger partial charge in [0.15, 0.2) is 0 Å². The average Bonchev–Trinajstić information content (AvgIpc) is 3.25. The van der Waals surface area contributed by atoms with E-state index in [1.165, 1.54) is 5.56 Å². The van der Waals surface area contributed by atoms with Crippen LogP contribution in [0.4, 0.5) is 0 Å². The second-order valence-corrected chi connectivity index (χ2v) is 9.28. The number of amides is 2. The van der Waals surface area contributed by atoms with E-state index in [-0.39, 0.29) is 17.9 Å². The van der Waals surface area contributed by atoms with Crippen LogP contribution in [0.5, 0.6) is 0 Å². The van der Waals surface area contributed by atoms with Crippen LogP contribution >= 0.6 is 23.5 Å². The van der Waals surface area contributed by atoms with Crippen molar-refractivity contribution in [2.24, 2.45) is 0 Å². The Bertz CT molecular complexity index is 820. The maximum atomic E-state index is 12.9. The number of nitrogens with zero attached hydrogens (tertiary/aromatic N) is 2. The van der Waals surface area contributed by atoms with Crippen molar-refractivity contribution in [3.8, 4) is 11.1 Å². The lowest BCUT2D eigenvalue weighted by atomic mass is 10.0. The Kier molecular flexibility index (Phi) is 6.27. The summed E-state index contributed by atoms with van der Waals surface area (Å²) in [6.07, 6.45) is 0.343. The lowest BCUT2D eigenvalue weighted by Gasteiger charge is -2.32. The summed E-state index contributed by atoms with van der Waals surface area (Å²) in [4.78, 5) is 29.5. The molecule has 0 radical (unpaired) electrons. The van der Waals surface area contributed by atoms with Gasteiger partial charge in [0.1, 0.15) is 6.04 Å². The van der Waals surface area contributed by atoms with E-state index in [2.05, 4.69) is 24.3 Å². The van der Waals surface area contributed by atoms with Crippen LogP contribution < -0.4 is 0 Å². The van der Waals surface area contributed by atoms with Crippen LogP contribution in [0.2, 0.25) is 0 Å². The molecule has 0 bridgehead atoms. The third kappa shape index (κ3) is 4.39. The van der Waals surface area contributed by atoms with Gasteiger partial charge < -0.3 is 9.80 Å². The summed E-state index contributed by atoms with van der Waals surface area (Å²) in [6, 6.07) is 18.1. The molecule has 1 atom stereocenters. The van der Waals surface area contributed by atoms with Crippen LogP contribution in [0.15, 0.2) is 54.6 Å². The van der Waals surface area contributed by atoms with Crippen LogP contribution in [0.1, 0.15) is 5.56 Å². The second kappa shape index (κ2) is 9.05. The highest BCUT2D eigenvalue weighted by molar-refractivity contribution is 7.99. The number of carbonyl (C=O) groups excluding carboxylic acids is 2. The highest BCUT2D eigenvalue weighted by Crippen LogP contribution is 2.25. The first-order valence-corrected chi connectivity index (χ1v) is 11.9. The molecule has 0 aliphatic carbocycles. The number of carbonyl (C=O) groups is 2. The van der Waals surface area contributed by atoms with Gasteiger partial charge in [-0.15, -0.1) is 11.8 Å². The summed E-state index contributed by atoms with van der Waals surface area (Å²) in [5.74, 6) is 3.47. The van der Waals surface area contributed by atoms with Crippen molar-refractivity contribution < 1.29 is 9.59 Å². The van der Waals surface area contributed by atoms with E-state index in [4.69, 9.17) is 0 Å². The molecule has 0 aromatic heterocycles. The SMILES string of the molecule is O=C(C1CSCN1C(=O)Cc1ccc(-c2ccccc2)cc1)N1CCSCC1. The zero-order valence-corrected chi connectivity index (χ0v) is 17.4. The Hall–Kier alpha value is -1.92. The Labute approximate surface area is 174 Å². The van der Waals surface area contributed by atoms with Crippen LogP contribution in [-0.2, 0) is 16.0 Å².